The van der Waals surface area contributed by atoms with Gasteiger partial charge in [-0.2, -0.15) is 5.10 Å². The highest BCUT2D eigenvalue weighted by Crippen LogP contribution is 2.19. The number of anilines is 1. The summed E-state index contributed by atoms with van der Waals surface area (Å²) in [6.45, 7) is 3.90. The molecule has 0 aliphatic rings. The van der Waals surface area contributed by atoms with E-state index in [1.807, 2.05) is 44.2 Å². The molecule has 0 spiro atoms. The van der Waals surface area contributed by atoms with Crippen LogP contribution in [0.1, 0.15) is 18.1 Å². The minimum Gasteiger partial charge on any atom is -0.278 e. The summed E-state index contributed by atoms with van der Waals surface area (Å²) in [5.41, 5.74) is 6.77. The van der Waals surface area contributed by atoms with Crippen LogP contribution in [0.2, 0.25) is 5.02 Å². The lowest BCUT2D eigenvalue weighted by molar-refractivity contribution is 1.28. The van der Waals surface area contributed by atoms with Crippen molar-refractivity contribution < 1.29 is 0 Å². The molecule has 0 bridgehead atoms. The van der Waals surface area contributed by atoms with E-state index in [4.69, 9.17) is 11.6 Å². The lowest BCUT2D eigenvalue weighted by atomic mass is 10.2. The molecule has 1 N–H and O–H groups in total. The van der Waals surface area contributed by atoms with Crippen LogP contribution in [0.5, 0.6) is 0 Å². The highest BCUT2D eigenvalue weighted by Gasteiger charge is 1.98. The summed E-state index contributed by atoms with van der Waals surface area (Å²) < 4.78 is 0. The van der Waals surface area contributed by atoms with Gasteiger partial charge in [-0.05, 0) is 37.6 Å². The zero-order valence-corrected chi connectivity index (χ0v) is 11.1. The van der Waals surface area contributed by atoms with Crippen molar-refractivity contribution in [3.63, 3.8) is 0 Å². The third kappa shape index (κ3) is 3.08. The fourth-order valence-corrected chi connectivity index (χ4v) is 1.63. The summed E-state index contributed by atoms with van der Waals surface area (Å²) in [6.07, 6.45) is 3.52. The van der Waals surface area contributed by atoms with Crippen LogP contribution >= 0.6 is 11.6 Å². The van der Waals surface area contributed by atoms with Crippen molar-refractivity contribution in [1.82, 2.24) is 4.98 Å². The van der Waals surface area contributed by atoms with Gasteiger partial charge in [0.1, 0.15) is 0 Å². The summed E-state index contributed by atoms with van der Waals surface area (Å²) in [4.78, 5) is 4.06. The first-order chi connectivity index (χ1) is 8.66. The molecule has 0 amide bonds. The number of hydrogen-bond acceptors (Lipinski definition) is 3. The Kier molecular flexibility index (Phi) is 3.95. The normalized spacial score (nSPS) is 11.4. The number of rotatable bonds is 3. The Morgan fingerprint density at radius 2 is 2.17 bits per heavy atom. The maximum absolute atomic E-state index is 6.05. The minimum absolute atomic E-state index is 0.731. The second-order valence-corrected chi connectivity index (χ2v) is 4.42. The Morgan fingerprint density at radius 3 is 2.83 bits per heavy atom. The average molecular weight is 260 g/mol. The lowest BCUT2D eigenvalue weighted by Gasteiger charge is -2.05. The van der Waals surface area contributed by atoms with Crippen molar-refractivity contribution in [3.05, 3.63) is 58.9 Å². The number of nitrogens with one attached hydrogen (secondary N) is 1. The molecule has 2 rings (SSSR count). The van der Waals surface area contributed by atoms with Crippen molar-refractivity contribution >= 4 is 23.0 Å². The number of hydrogen-bond donors (Lipinski definition) is 1. The van der Waals surface area contributed by atoms with Crippen molar-refractivity contribution in [1.29, 1.82) is 0 Å². The molecule has 18 heavy (non-hydrogen) atoms. The third-order valence-electron chi connectivity index (χ3n) is 2.60. The van der Waals surface area contributed by atoms with Crippen molar-refractivity contribution in [2.45, 2.75) is 13.8 Å². The molecule has 4 heteroatoms. The first kappa shape index (κ1) is 12.6. The zero-order chi connectivity index (χ0) is 13.0. The quantitative estimate of drug-likeness (QED) is 0.671. The van der Waals surface area contributed by atoms with E-state index >= 15 is 0 Å². The van der Waals surface area contributed by atoms with Crippen LogP contribution in [-0.2, 0) is 0 Å². The summed E-state index contributed by atoms with van der Waals surface area (Å²) in [5.74, 6) is 0. The molecule has 0 aliphatic heterocycles. The zero-order valence-electron chi connectivity index (χ0n) is 10.3. The monoisotopic (exact) mass is 259 g/mol. The first-order valence-corrected chi connectivity index (χ1v) is 6.01. The van der Waals surface area contributed by atoms with Crippen LogP contribution < -0.4 is 5.43 Å². The largest absolute Gasteiger partial charge is 0.278 e. The molecular formula is C14H14ClN3. The van der Waals surface area contributed by atoms with Gasteiger partial charge in [-0.1, -0.05) is 23.7 Å². The SMILES string of the molecule is C/C(=N/Nc1ccc(C)c(Cl)c1)c1cccnc1. The predicted octanol–water partition coefficient (Wildman–Crippen LogP) is 3.88. The molecule has 0 saturated heterocycles. The van der Waals surface area contributed by atoms with E-state index in [2.05, 4.69) is 15.5 Å². The number of halogens is 1. The van der Waals surface area contributed by atoms with Gasteiger partial charge in [-0.25, -0.2) is 0 Å². The number of hydrazone groups is 1. The summed E-state index contributed by atoms with van der Waals surface area (Å²) >= 11 is 6.05. The molecule has 1 aromatic carbocycles. The van der Waals surface area contributed by atoms with E-state index in [0.29, 0.717) is 0 Å². The summed E-state index contributed by atoms with van der Waals surface area (Å²) in [7, 11) is 0. The van der Waals surface area contributed by atoms with Crippen molar-refractivity contribution in [2.75, 3.05) is 5.43 Å². The fraction of sp³-hybridized carbons (Fsp3) is 0.143. The van der Waals surface area contributed by atoms with E-state index in [0.717, 1.165) is 27.5 Å². The Morgan fingerprint density at radius 1 is 1.33 bits per heavy atom. The average Bonchev–Trinajstić information content (AvgIpc) is 2.41. The van der Waals surface area contributed by atoms with Gasteiger partial charge >= 0.3 is 0 Å². The molecule has 0 fully saturated rings. The molecule has 0 unspecified atom stereocenters. The number of aromatic nitrogens is 1. The number of benzene rings is 1. The van der Waals surface area contributed by atoms with Crippen molar-refractivity contribution in [2.24, 2.45) is 5.10 Å². The van der Waals surface area contributed by atoms with Crippen LogP contribution in [0, 0.1) is 6.92 Å². The minimum atomic E-state index is 0.731. The molecule has 0 atom stereocenters. The van der Waals surface area contributed by atoms with Gasteiger partial charge in [0.15, 0.2) is 0 Å². The van der Waals surface area contributed by atoms with Gasteiger partial charge in [0.25, 0.3) is 0 Å². The Hall–Kier alpha value is -1.87. The van der Waals surface area contributed by atoms with E-state index in [1.165, 1.54) is 0 Å². The Bertz CT molecular complexity index is 565. The van der Waals surface area contributed by atoms with Gasteiger partial charge < -0.3 is 0 Å². The maximum Gasteiger partial charge on any atom is 0.0663 e. The Balaban J connectivity index is 2.13. The molecule has 0 saturated carbocycles. The highest BCUT2D eigenvalue weighted by atomic mass is 35.5. The highest BCUT2D eigenvalue weighted by molar-refractivity contribution is 6.31. The Labute approximate surface area is 112 Å². The van der Waals surface area contributed by atoms with Crippen LogP contribution in [0.25, 0.3) is 0 Å². The smallest absolute Gasteiger partial charge is 0.0663 e. The molecule has 2 aromatic rings. The second-order valence-electron chi connectivity index (χ2n) is 4.01. The molecule has 1 heterocycles. The van der Waals surface area contributed by atoms with E-state index in [1.54, 1.807) is 12.4 Å². The molecule has 3 nitrogen and oxygen atoms in total. The van der Waals surface area contributed by atoms with Crippen LogP contribution in [0.15, 0.2) is 47.8 Å². The standard InChI is InChI=1S/C14H14ClN3/c1-10-5-6-13(8-14(10)15)18-17-11(2)12-4-3-7-16-9-12/h3-9,18H,1-2H3/b17-11-. The third-order valence-corrected chi connectivity index (χ3v) is 3.01. The van der Waals surface area contributed by atoms with Crippen LogP contribution in [0.3, 0.4) is 0 Å². The summed E-state index contributed by atoms with van der Waals surface area (Å²) in [6, 6.07) is 9.62. The van der Waals surface area contributed by atoms with E-state index in [9.17, 15) is 0 Å². The van der Waals surface area contributed by atoms with Crippen LogP contribution in [-0.4, -0.2) is 10.7 Å². The van der Waals surface area contributed by atoms with E-state index in [-0.39, 0.29) is 0 Å². The predicted molar refractivity (Wildman–Crippen MR) is 76.3 cm³/mol. The van der Waals surface area contributed by atoms with Crippen LogP contribution in [0.4, 0.5) is 5.69 Å². The molecule has 92 valence electrons. The van der Waals surface area contributed by atoms with E-state index < -0.39 is 0 Å². The molecule has 1 aromatic heterocycles. The maximum atomic E-state index is 6.05. The topological polar surface area (TPSA) is 37.3 Å². The number of pyridine rings is 1. The summed E-state index contributed by atoms with van der Waals surface area (Å²) in [5, 5.41) is 5.03. The number of nitrogens with zero attached hydrogens (tertiary/aromatic N) is 2. The lowest BCUT2D eigenvalue weighted by Crippen LogP contribution is -2.00. The number of aryl methyl sites for hydroxylation is 1. The van der Waals surface area contributed by atoms with Gasteiger partial charge in [0, 0.05) is 23.0 Å². The molecule has 0 aliphatic carbocycles. The van der Waals surface area contributed by atoms with Gasteiger partial charge in [-0.15, -0.1) is 0 Å². The fourth-order valence-electron chi connectivity index (χ4n) is 1.45. The molecular weight excluding hydrogens is 246 g/mol. The second kappa shape index (κ2) is 5.65. The van der Waals surface area contributed by atoms with Gasteiger partial charge in [-0.3, -0.25) is 10.4 Å². The van der Waals surface area contributed by atoms with Gasteiger partial charge in [0.2, 0.25) is 0 Å². The first-order valence-electron chi connectivity index (χ1n) is 5.63. The van der Waals surface area contributed by atoms with Crippen molar-refractivity contribution in [3.8, 4) is 0 Å². The van der Waals surface area contributed by atoms with Gasteiger partial charge in [0.05, 0.1) is 11.4 Å². The molecule has 0 radical (unpaired) electrons.